The molecule has 5 rings (SSSR count). The number of benzene rings is 3. The van der Waals surface area contributed by atoms with Crippen molar-refractivity contribution in [1.82, 2.24) is 15.1 Å². The Bertz CT molecular complexity index is 1240. The Morgan fingerprint density at radius 3 is 2.61 bits per heavy atom. The summed E-state index contributed by atoms with van der Waals surface area (Å²) in [4.78, 5) is 14.6. The van der Waals surface area contributed by atoms with E-state index in [1.54, 1.807) is 11.0 Å². The van der Waals surface area contributed by atoms with Crippen molar-refractivity contribution in [2.75, 3.05) is 6.61 Å². The van der Waals surface area contributed by atoms with Crippen molar-refractivity contribution >= 4 is 28.3 Å². The lowest BCUT2D eigenvalue weighted by atomic mass is 10.1. The molecule has 1 aromatic heterocycles. The number of aromatic nitrogens is 2. The minimum Gasteiger partial charge on any atom is -0.484 e. The molecule has 0 atom stereocenters. The van der Waals surface area contributed by atoms with Crippen LogP contribution in [0.1, 0.15) is 18.7 Å². The molecule has 0 unspecified atom stereocenters. The van der Waals surface area contributed by atoms with Crippen molar-refractivity contribution in [2.45, 2.75) is 25.4 Å². The quantitative estimate of drug-likeness (QED) is 0.405. The molecule has 3 aromatic carbocycles. The summed E-state index contributed by atoms with van der Waals surface area (Å²) in [5.41, 5.74) is 0.673. The van der Waals surface area contributed by atoms with Crippen LogP contribution in [0.4, 0.5) is 0 Å². The van der Waals surface area contributed by atoms with E-state index >= 15 is 0 Å². The molecule has 1 heterocycles. The van der Waals surface area contributed by atoms with Gasteiger partial charge in [-0.3, -0.25) is 4.79 Å². The fraction of sp³-hybridized carbons (Fsp3) is 0.208. The summed E-state index contributed by atoms with van der Waals surface area (Å²) in [7, 11) is 0. The van der Waals surface area contributed by atoms with Gasteiger partial charge in [0.05, 0.1) is 17.1 Å². The SMILES string of the molecule is O=C(COc1ccc2ccccc2c1)N(Cc1nnc(-c2ccccc2Cl)o1)C1CC1. The molecule has 31 heavy (non-hydrogen) atoms. The lowest BCUT2D eigenvalue weighted by Crippen LogP contribution is -2.36. The van der Waals surface area contributed by atoms with Gasteiger partial charge in [-0.05, 0) is 47.9 Å². The molecule has 1 aliphatic rings. The Hall–Kier alpha value is -3.38. The number of fused-ring (bicyclic) bond motifs is 1. The molecule has 6 nitrogen and oxygen atoms in total. The Kier molecular flexibility index (Phi) is 5.30. The highest BCUT2D eigenvalue weighted by molar-refractivity contribution is 6.33. The molecule has 0 aliphatic heterocycles. The summed E-state index contributed by atoms with van der Waals surface area (Å²) in [6.07, 6.45) is 1.93. The molecule has 156 valence electrons. The van der Waals surface area contributed by atoms with E-state index < -0.39 is 0 Å². The largest absolute Gasteiger partial charge is 0.484 e. The van der Waals surface area contributed by atoms with Gasteiger partial charge in [-0.25, -0.2) is 0 Å². The van der Waals surface area contributed by atoms with Gasteiger partial charge in [-0.2, -0.15) is 0 Å². The van der Waals surface area contributed by atoms with Crippen LogP contribution < -0.4 is 4.74 Å². The van der Waals surface area contributed by atoms with Crippen LogP contribution in [-0.4, -0.2) is 33.7 Å². The zero-order valence-corrected chi connectivity index (χ0v) is 17.5. The van der Waals surface area contributed by atoms with Crippen LogP contribution in [0.15, 0.2) is 71.1 Å². The molecule has 4 aromatic rings. The zero-order valence-electron chi connectivity index (χ0n) is 16.7. The minimum absolute atomic E-state index is 0.0413. The van der Waals surface area contributed by atoms with E-state index in [1.807, 2.05) is 60.7 Å². The lowest BCUT2D eigenvalue weighted by Gasteiger charge is -2.20. The molecule has 1 saturated carbocycles. The number of hydrogen-bond donors (Lipinski definition) is 0. The van der Waals surface area contributed by atoms with E-state index in [-0.39, 0.29) is 25.1 Å². The van der Waals surface area contributed by atoms with Gasteiger partial charge in [0.25, 0.3) is 5.91 Å². The van der Waals surface area contributed by atoms with Crippen molar-refractivity contribution in [2.24, 2.45) is 0 Å². The van der Waals surface area contributed by atoms with Crippen molar-refractivity contribution < 1.29 is 13.9 Å². The number of rotatable bonds is 7. The predicted molar refractivity (Wildman–Crippen MR) is 118 cm³/mol. The highest BCUT2D eigenvalue weighted by Gasteiger charge is 2.34. The van der Waals surface area contributed by atoms with E-state index in [2.05, 4.69) is 10.2 Å². The van der Waals surface area contributed by atoms with E-state index in [4.69, 9.17) is 20.8 Å². The highest BCUT2D eigenvalue weighted by Crippen LogP contribution is 2.30. The van der Waals surface area contributed by atoms with Gasteiger partial charge in [0.2, 0.25) is 11.8 Å². The summed E-state index contributed by atoms with van der Waals surface area (Å²) >= 11 is 6.21. The summed E-state index contributed by atoms with van der Waals surface area (Å²) in [6, 6.07) is 21.3. The minimum atomic E-state index is -0.104. The molecule has 1 aliphatic carbocycles. The van der Waals surface area contributed by atoms with E-state index in [9.17, 15) is 4.79 Å². The van der Waals surface area contributed by atoms with Crippen molar-refractivity contribution in [3.05, 3.63) is 77.6 Å². The lowest BCUT2D eigenvalue weighted by molar-refractivity contribution is -0.134. The first kappa shape index (κ1) is 19.6. The second-order valence-corrected chi connectivity index (χ2v) is 7.94. The first-order valence-corrected chi connectivity index (χ1v) is 10.5. The van der Waals surface area contributed by atoms with Crippen LogP contribution in [-0.2, 0) is 11.3 Å². The van der Waals surface area contributed by atoms with Crippen LogP contribution in [0.25, 0.3) is 22.2 Å². The second-order valence-electron chi connectivity index (χ2n) is 7.53. The molecular formula is C24H20ClN3O3. The normalized spacial score (nSPS) is 13.3. The molecule has 0 N–H and O–H groups in total. The number of halogens is 1. The summed E-state index contributed by atoms with van der Waals surface area (Å²) in [5, 5.41) is 10.9. The topological polar surface area (TPSA) is 68.5 Å². The Morgan fingerprint density at radius 2 is 1.81 bits per heavy atom. The predicted octanol–water partition coefficient (Wildman–Crippen LogP) is 5.11. The molecule has 1 fully saturated rings. The molecular weight excluding hydrogens is 414 g/mol. The molecule has 0 bridgehead atoms. The fourth-order valence-electron chi connectivity index (χ4n) is 3.50. The second kappa shape index (κ2) is 8.40. The van der Waals surface area contributed by atoms with Crippen LogP contribution in [0, 0.1) is 0 Å². The highest BCUT2D eigenvalue weighted by atomic mass is 35.5. The molecule has 0 radical (unpaired) electrons. The van der Waals surface area contributed by atoms with Gasteiger partial charge >= 0.3 is 0 Å². The molecule has 0 saturated heterocycles. The van der Waals surface area contributed by atoms with Crippen molar-refractivity contribution in [3.63, 3.8) is 0 Å². The van der Waals surface area contributed by atoms with Gasteiger partial charge in [-0.1, -0.05) is 54.1 Å². The van der Waals surface area contributed by atoms with Crippen LogP contribution >= 0.6 is 11.6 Å². The van der Waals surface area contributed by atoms with Gasteiger partial charge in [0.1, 0.15) is 5.75 Å². The van der Waals surface area contributed by atoms with E-state index in [0.29, 0.717) is 28.1 Å². The zero-order chi connectivity index (χ0) is 21.2. The van der Waals surface area contributed by atoms with Crippen LogP contribution in [0.2, 0.25) is 5.02 Å². The number of ether oxygens (including phenoxy) is 1. The maximum Gasteiger partial charge on any atom is 0.261 e. The average molecular weight is 434 g/mol. The standard InChI is InChI=1S/C24H20ClN3O3/c25-21-8-4-3-7-20(21)24-27-26-22(31-24)14-28(18-10-11-18)23(29)15-30-19-12-9-16-5-1-2-6-17(16)13-19/h1-9,12-13,18H,10-11,14-15H2. The Labute approximate surface area is 184 Å². The van der Waals surface area contributed by atoms with Gasteiger partial charge in [0, 0.05) is 6.04 Å². The summed E-state index contributed by atoms with van der Waals surface area (Å²) in [5.74, 6) is 1.28. The van der Waals surface area contributed by atoms with Gasteiger partial charge in [-0.15, -0.1) is 10.2 Å². The van der Waals surface area contributed by atoms with Crippen LogP contribution in [0.5, 0.6) is 5.75 Å². The van der Waals surface area contributed by atoms with Gasteiger partial charge < -0.3 is 14.1 Å². The summed E-state index contributed by atoms with van der Waals surface area (Å²) < 4.78 is 11.6. The average Bonchev–Trinajstić information content (AvgIpc) is 3.53. The summed E-state index contributed by atoms with van der Waals surface area (Å²) in [6.45, 7) is 0.211. The van der Waals surface area contributed by atoms with Crippen molar-refractivity contribution in [3.8, 4) is 17.2 Å². The number of amides is 1. The number of nitrogens with zero attached hydrogens (tertiary/aromatic N) is 3. The fourth-order valence-corrected chi connectivity index (χ4v) is 3.72. The maximum atomic E-state index is 12.9. The number of carbonyl (C=O) groups excluding carboxylic acids is 1. The Morgan fingerprint density at radius 1 is 1.03 bits per heavy atom. The third-order valence-electron chi connectivity index (χ3n) is 5.27. The van der Waals surface area contributed by atoms with E-state index in [0.717, 1.165) is 23.6 Å². The molecule has 7 heteroatoms. The number of hydrogen-bond acceptors (Lipinski definition) is 5. The Balaban J connectivity index is 1.26. The monoisotopic (exact) mass is 433 g/mol. The first-order chi connectivity index (χ1) is 15.2. The third-order valence-corrected chi connectivity index (χ3v) is 5.60. The molecule has 1 amide bonds. The van der Waals surface area contributed by atoms with Crippen molar-refractivity contribution in [1.29, 1.82) is 0 Å². The first-order valence-electron chi connectivity index (χ1n) is 10.2. The van der Waals surface area contributed by atoms with Gasteiger partial charge in [0.15, 0.2) is 6.61 Å². The molecule has 0 spiro atoms. The number of carbonyl (C=O) groups is 1. The smallest absolute Gasteiger partial charge is 0.261 e. The van der Waals surface area contributed by atoms with Crippen LogP contribution in [0.3, 0.4) is 0 Å². The maximum absolute atomic E-state index is 12.9. The third kappa shape index (κ3) is 4.39. The van der Waals surface area contributed by atoms with E-state index in [1.165, 1.54) is 0 Å².